The molecular weight excluding hydrogens is 357 g/mol. The summed E-state index contributed by atoms with van der Waals surface area (Å²) >= 11 is 0. The SMILES string of the molecule is COC(=O)/C=C1\c2cc(C)ccc2-c2cc(F)ccc2N1c1ccc(O)cc1. The highest BCUT2D eigenvalue weighted by Gasteiger charge is 2.29. The lowest BCUT2D eigenvalue weighted by molar-refractivity contribution is -0.134. The minimum atomic E-state index is -0.489. The zero-order valence-corrected chi connectivity index (χ0v) is 15.4. The molecule has 0 unspecified atom stereocenters. The lowest BCUT2D eigenvalue weighted by atomic mass is 9.89. The van der Waals surface area contributed by atoms with Crippen molar-refractivity contribution >= 4 is 23.0 Å². The van der Waals surface area contributed by atoms with E-state index >= 15 is 0 Å². The lowest BCUT2D eigenvalue weighted by Gasteiger charge is -2.35. The molecule has 0 radical (unpaired) electrons. The molecule has 0 saturated carbocycles. The topological polar surface area (TPSA) is 49.8 Å². The van der Waals surface area contributed by atoms with Gasteiger partial charge in [0.25, 0.3) is 0 Å². The van der Waals surface area contributed by atoms with Crippen molar-refractivity contribution in [3.05, 3.63) is 83.7 Å². The van der Waals surface area contributed by atoms with E-state index in [0.29, 0.717) is 5.70 Å². The molecule has 1 aliphatic rings. The van der Waals surface area contributed by atoms with E-state index in [1.165, 1.54) is 25.3 Å². The summed E-state index contributed by atoms with van der Waals surface area (Å²) in [4.78, 5) is 14.0. The molecule has 0 bridgehead atoms. The number of aromatic hydroxyl groups is 1. The minimum Gasteiger partial charge on any atom is -0.508 e. The van der Waals surface area contributed by atoms with Crippen molar-refractivity contribution in [3.8, 4) is 16.9 Å². The number of hydrogen-bond donors (Lipinski definition) is 1. The van der Waals surface area contributed by atoms with Crippen LogP contribution in [0, 0.1) is 12.7 Å². The third-order valence-electron chi connectivity index (χ3n) is 4.75. The fourth-order valence-corrected chi connectivity index (χ4v) is 3.47. The molecule has 0 aliphatic carbocycles. The maximum atomic E-state index is 14.1. The van der Waals surface area contributed by atoms with Crippen LogP contribution in [0.25, 0.3) is 16.8 Å². The third-order valence-corrected chi connectivity index (χ3v) is 4.75. The first kappa shape index (κ1) is 17.8. The Kier molecular flexibility index (Phi) is 4.35. The van der Waals surface area contributed by atoms with Crippen molar-refractivity contribution in [1.29, 1.82) is 0 Å². The van der Waals surface area contributed by atoms with Gasteiger partial charge in [0.05, 0.1) is 18.5 Å². The van der Waals surface area contributed by atoms with Crippen molar-refractivity contribution in [3.63, 3.8) is 0 Å². The standard InChI is InChI=1S/C23H18FNO3/c1-14-3-9-18-19(11-14)22(13-23(27)28-2)25(16-5-7-17(26)8-6-16)21-10-4-15(24)12-20(18)21/h3-13,26H,1-2H3/b22-13+. The molecule has 1 N–H and O–H groups in total. The predicted molar refractivity (Wildman–Crippen MR) is 107 cm³/mol. The van der Waals surface area contributed by atoms with Gasteiger partial charge in [-0.3, -0.25) is 0 Å². The molecule has 0 amide bonds. The molecule has 1 heterocycles. The summed E-state index contributed by atoms with van der Waals surface area (Å²) < 4.78 is 18.9. The van der Waals surface area contributed by atoms with E-state index in [-0.39, 0.29) is 11.6 Å². The smallest absolute Gasteiger partial charge is 0.332 e. The Labute approximate surface area is 162 Å². The van der Waals surface area contributed by atoms with Crippen molar-refractivity contribution in [2.24, 2.45) is 0 Å². The van der Waals surface area contributed by atoms with Gasteiger partial charge in [0.15, 0.2) is 0 Å². The van der Waals surface area contributed by atoms with E-state index in [9.17, 15) is 14.3 Å². The van der Waals surface area contributed by atoms with Gasteiger partial charge in [-0.2, -0.15) is 0 Å². The number of ether oxygens (including phenoxy) is 1. The van der Waals surface area contributed by atoms with E-state index in [1.54, 1.807) is 30.3 Å². The van der Waals surface area contributed by atoms with E-state index in [1.807, 2.05) is 30.0 Å². The Morgan fingerprint density at radius 1 is 1.00 bits per heavy atom. The lowest BCUT2D eigenvalue weighted by Crippen LogP contribution is -2.22. The summed E-state index contributed by atoms with van der Waals surface area (Å²) in [6.45, 7) is 1.96. The van der Waals surface area contributed by atoms with Gasteiger partial charge in [0.2, 0.25) is 0 Å². The monoisotopic (exact) mass is 375 g/mol. The number of phenols is 1. The highest BCUT2D eigenvalue weighted by molar-refractivity contribution is 6.07. The van der Waals surface area contributed by atoms with E-state index in [4.69, 9.17) is 4.74 Å². The molecule has 4 nitrogen and oxygen atoms in total. The van der Waals surface area contributed by atoms with Crippen molar-refractivity contribution in [2.45, 2.75) is 6.92 Å². The Bertz CT molecular complexity index is 1100. The van der Waals surface area contributed by atoms with Crippen molar-refractivity contribution in [2.75, 3.05) is 12.0 Å². The predicted octanol–water partition coefficient (Wildman–Crippen LogP) is 5.17. The molecule has 0 spiro atoms. The summed E-state index contributed by atoms with van der Waals surface area (Å²) in [6, 6.07) is 17.1. The first-order valence-electron chi connectivity index (χ1n) is 8.77. The number of hydrogen-bond acceptors (Lipinski definition) is 4. The maximum Gasteiger partial charge on any atom is 0.332 e. The van der Waals surface area contributed by atoms with Crippen LogP contribution in [0.2, 0.25) is 0 Å². The third kappa shape index (κ3) is 3.01. The molecule has 4 rings (SSSR count). The number of methoxy groups -OCH3 is 1. The number of esters is 1. The Hall–Kier alpha value is -3.60. The molecule has 140 valence electrons. The number of phenolic OH excluding ortho intramolecular Hbond substituents is 1. The normalized spacial score (nSPS) is 13.8. The van der Waals surface area contributed by atoms with Crippen molar-refractivity contribution in [1.82, 2.24) is 0 Å². The number of fused-ring (bicyclic) bond motifs is 3. The Morgan fingerprint density at radius 2 is 1.75 bits per heavy atom. The number of rotatable bonds is 2. The molecule has 3 aromatic rings. The number of nitrogens with zero attached hydrogens (tertiary/aromatic N) is 1. The molecule has 0 atom stereocenters. The maximum absolute atomic E-state index is 14.1. The second kappa shape index (κ2) is 6.85. The average molecular weight is 375 g/mol. The van der Waals surface area contributed by atoms with Crippen LogP contribution in [0.15, 0.2) is 66.7 Å². The summed E-state index contributed by atoms with van der Waals surface area (Å²) in [5.74, 6) is -0.692. The van der Waals surface area contributed by atoms with Crippen LogP contribution in [0.4, 0.5) is 15.8 Å². The molecule has 28 heavy (non-hydrogen) atoms. The number of aryl methyl sites for hydroxylation is 1. The highest BCUT2D eigenvalue weighted by Crippen LogP contribution is 2.48. The average Bonchev–Trinajstić information content (AvgIpc) is 2.69. The fourth-order valence-electron chi connectivity index (χ4n) is 3.47. The van der Waals surface area contributed by atoms with Gasteiger partial charge in [-0.05, 0) is 61.0 Å². The van der Waals surface area contributed by atoms with E-state index < -0.39 is 5.97 Å². The number of halogens is 1. The number of benzene rings is 3. The van der Waals surface area contributed by atoms with Crippen LogP contribution < -0.4 is 4.90 Å². The summed E-state index contributed by atoms with van der Waals surface area (Å²) in [5.41, 5.74) is 5.47. The van der Waals surface area contributed by atoms with Crippen LogP contribution in [0.3, 0.4) is 0 Å². The van der Waals surface area contributed by atoms with Gasteiger partial charge in [-0.1, -0.05) is 17.7 Å². The van der Waals surface area contributed by atoms with E-state index in [2.05, 4.69) is 0 Å². The Balaban J connectivity index is 2.05. The molecule has 0 aromatic heterocycles. The van der Waals surface area contributed by atoms with Gasteiger partial charge >= 0.3 is 5.97 Å². The van der Waals surface area contributed by atoms with Gasteiger partial charge < -0.3 is 14.7 Å². The number of carbonyl (C=O) groups excluding carboxylic acids is 1. The van der Waals surface area contributed by atoms with Crippen LogP contribution in [-0.4, -0.2) is 18.2 Å². The van der Waals surface area contributed by atoms with Crippen LogP contribution in [0.5, 0.6) is 5.75 Å². The number of carbonyl (C=O) groups is 1. The van der Waals surface area contributed by atoms with Gasteiger partial charge in [-0.25, -0.2) is 9.18 Å². The molecule has 1 aliphatic heterocycles. The van der Waals surface area contributed by atoms with Crippen LogP contribution in [-0.2, 0) is 9.53 Å². The second-order valence-corrected chi connectivity index (χ2v) is 6.62. The van der Waals surface area contributed by atoms with Gasteiger partial charge in [-0.15, -0.1) is 0 Å². The summed E-state index contributed by atoms with van der Waals surface area (Å²) in [6.07, 6.45) is 1.43. The summed E-state index contributed by atoms with van der Waals surface area (Å²) in [7, 11) is 1.33. The highest BCUT2D eigenvalue weighted by atomic mass is 19.1. The second-order valence-electron chi connectivity index (χ2n) is 6.62. The quantitative estimate of drug-likeness (QED) is 0.496. The molecule has 5 heteroatoms. The zero-order chi connectivity index (χ0) is 19.8. The largest absolute Gasteiger partial charge is 0.508 e. The van der Waals surface area contributed by atoms with Gasteiger partial charge in [0.1, 0.15) is 11.6 Å². The first-order valence-corrected chi connectivity index (χ1v) is 8.77. The van der Waals surface area contributed by atoms with Crippen LogP contribution in [0.1, 0.15) is 11.1 Å². The molecular formula is C23H18FNO3. The first-order chi connectivity index (χ1) is 13.5. The van der Waals surface area contributed by atoms with E-state index in [0.717, 1.165) is 33.6 Å². The zero-order valence-electron chi connectivity index (χ0n) is 15.4. The fraction of sp³-hybridized carbons (Fsp3) is 0.0870. The molecule has 0 saturated heterocycles. The summed E-state index contributed by atoms with van der Waals surface area (Å²) in [5, 5.41) is 9.67. The minimum absolute atomic E-state index is 0.134. The van der Waals surface area contributed by atoms with Crippen molar-refractivity contribution < 1.29 is 19.0 Å². The van der Waals surface area contributed by atoms with Gasteiger partial charge in [0, 0.05) is 22.9 Å². The molecule has 3 aromatic carbocycles. The van der Waals surface area contributed by atoms with Crippen LogP contribution >= 0.6 is 0 Å². The Morgan fingerprint density at radius 3 is 2.46 bits per heavy atom. The molecule has 0 fully saturated rings. The number of anilines is 2.